The minimum Gasteiger partial charge on any atom is -0.467 e. The lowest BCUT2D eigenvalue weighted by molar-refractivity contribution is 0.0449. The van der Waals surface area contributed by atoms with Crippen LogP contribution in [0.1, 0.15) is 35.7 Å². The molecule has 0 saturated carbocycles. The highest BCUT2D eigenvalue weighted by molar-refractivity contribution is 5.99. The number of carbonyl (C=O) groups is 2. The lowest BCUT2D eigenvalue weighted by Crippen LogP contribution is -2.44. The molecule has 2 aromatic carbocycles. The fraction of sp³-hybridized carbons (Fsp3) is 0.440. The molecule has 196 valence electrons. The summed E-state index contributed by atoms with van der Waals surface area (Å²) in [6.45, 7) is 6.97. The van der Waals surface area contributed by atoms with Gasteiger partial charge in [0.15, 0.2) is 13.6 Å². The maximum Gasteiger partial charge on any atom is 0.337 e. The number of morpholine rings is 1. The number of methoxy groups -OCH3 is 2. The van der Waals surface area contributed by atoms with Crippen molar-refractivity contribution in [3.63, 3.8) is 0 Å². The van der Waals surface area contributed by atoms with Crippen molar-refractivity contribution < 1.29 is 33.3 Å². The Morgan fingerprint density at radius 3 is 2.19 bits per heavy atom. The third-order valence-corrected chi connectivity index (χ3v) is 5.43. The molecule has 1 saturated heterocycles. The molecule has 11 heteroatoms. The van der Waals surface area contributed by atoms with E-state index in [0.717, 1.165) is 24.3 Å². The summed E-state index contributed by atoms with van der Waals surface area (Å²) >= 11 is 0. The van der Waals surface area contributed by atoms with Crippen molar-refractivity contribution in [3.05, 3.63) is 47.5 Å². The molecule has 3 N–H and O–H groups in total. The van der Waals surface area contributed by atoms with E-state index in [9.17, 15) is 9.59 Å². The summed E-state index contributed by atoms with van der Waals surface area (Å²) in [7, 11) is 3.00. The fourth-order valence-electron chi connectivity index (χ4n) is 3.62. The predicted molar refractivity (Wildman–Crippen MR) is 135 cm³/mol. The van der Waals surface area contributed by atoms with Crippen LogP contribution in [0, 0.1) is 0 Å². The van der Waals surface area contributed by atoms with E-state index in [4.69, 9.17) is 23.7 Å². The average Bonchev–Trinajstić information content (AvgIpc) is 2.90. The smallest absolute Gasteiger partial charge is 0.337 e. The molecule has 3 amide bonds. The molecule has 0 aromatic heterocycles. The Bertz CT molecular complexity index is 1010. The standard InChI is InChI=1S/C25H34N4O7/c1-17(2)20-13-21(23(36-16-33-4)14-22(20)35-15-32-3)24(30)27-28-25(31)26-18-5-7-19(8-6-18)29-9-11-34-12-10-29/h5-8,13-14,17H,9-12,15-16H2,1-4H3,(H,27,30)(H2,26,28,31). The summed E-state index contributed by atoms with van der Waals surface area (Å²) in [6, 6.07) is 10.1. The van der Waals surface area contributed by atoms with E-state index < -0.39 is 11.9 Å². The monoisotopic (exact) mass is 502 g/mol. The maximum atomic E-state index is 12.9. The lowest BCUT2D eigenvalue weighted by Gasteiger charge is -2.28. The normalized spacial score (nSPS) is 13.3. The first-order valence-corrected chi connectivity index (χ1v) is 11.6. The van der Waals surface area contributed by atoms with Gasteiger partial charge in [-0.3, -0.25) is 10.2 Å². The minimum atomic E-state index is -0.592. The van der Waals surface area contributed by atoms with E-state index in [2.05, 4.69) is 21.1 Å². The van der Waals surface area contributed by atoms with Gasteiger partial charge in [-0.1, -0.05) is 13.8 Å². The molecule has 3 rings (SSSR count). The van der Waals surface area contributed by atoms with Crippen LogP contribution >= 0.6 is 0 Å². The van der Waals surface area contributed by atoms with Crippen molar-refractivity contribution in [1.29, 1.82) is 0 Å². The Morgan fingerprint density at radius 2 is 1.58 bits per heavy atom. The second kappa shape index (κ2) is 13.5. The van der Waals surface area contributed by atoms with Gasteiger partial charge in [0.05, 0.1) is 18.8 Å². The number of hydrogen-bond acceptors (Lipinski definition) is 8. The zero-order chi connectivity index (χ0) is 25.9. The SMILES string of the molecule is COCOc1cc(OCOC)c(C(C)C)cc1C(=O)NNC(=O)Nc1ccc(N2CCOCC2)cc1. The number of benzene rings is 2. The highest BCUT2D eigenvalue weighted by atomic mass is 16.7. The number of nitrogens with one attached hydrogen (secondary N) is 3. The van der Waals surface area contributed by atoms with Crippen molar-refractivity contribution in [2.24, 2.45) is 0 Å². The van der Waals surface area contributed by atoms with Gasteiger partial charge in [0, 0.05) is 44.8 Å². The van der Waals surface area contributed by atoms with Gasteiger partial charge in [-0.2, -0.15) is 0 Å². The molecule has 0 aliphatic carbocycles. The van der Waals surface area contributed by atoms with Gasteiger partial charge in [0.2, 0.25) is 0 Å². The van der Waals surface area contributed by atoms with Crippen LogP contribution in [0.15, 0.2) is 36.4 Å². The first-order valence-electron chi connectivity index (χ1n) is 11.6. The molecule has 0 unspecified atom stereocenters. The number of rotatable bonds is 10. The van der Waals surface area contributed by atoms with Crippen molar-refractivity contribution in [1.82, 2.24) is 10.9 Å². The number of amides is 3. The van der Waals surface area contributed by atoms with Gasteiger partial charge in [-0.15, -0.1) is 0 Å². The van der Waals surface area contributed by atoms with Gasteiger partial charge in [0.25, 0.3) is 5.91 Å². The molecule has 0 radical (unpaired) electrons. The van der Waals surface area contributed by atoms with Crippen molar-refractivity contribution in [2.75, 3.05) is 64.3 Å². The van der Waals surface area contributed by atoms with Crippen molar-refractivity contribution in [3.8, 4) is 11.5 Å². The summed E-state index contributed by atoms with van der Waals surface area (Å²) in [6.07, 6.45) is 0. The summed E-state index contributed by atoms with van der Waals surface area (Å²) in [5, 5.41) is 2.70. The molecule has 0 atom stereocenters. The first kappa shape index (κ1) is 27.1. The topological polar surface area (TPSA) is 120 Å². The largest absolute Gasteiger partial charge is 0.467 e. The third kappa shape index (κ3) is 7.48. The number of ether oxygens (including phenoxy) is 5. The zero-order valence-electron chi connectivity index (χ0n) is 21.1. The summed E-state index contributed by atoms with van der Waals surface area (Å²) in [4.78, 5) is 27.6. The van der Waals surface area contributed by atoms with Crippen LogP contribution in [0.3, 0.4) is 0 Å². The first-order chi connectivity index (χ1) is 17.4. The molecular weight excluding hydrogens is 468 g/mol. The van der Waals surface area contributed by atoms with E-state index in [1.54, 1.807) is 24.3 Å². The Labute approximate surface area is 210 Å². The van der Waals surface area contributed by atoms with Gasteiger partial charge in [-0.25, -0.2) is 10.2 Å². The van der Waals surface area contributed by atoms with E-state index in [1.165, 1.54) is 14.2 Å². The third-order valence-electron chi connectivity index (χ3n) is 5.43. The van der Waals surface area contributed by atoms with Gasteiger partial charge in [-0.05, 0) is 41.8 Å². The predicted octanol–water partition coefficient (Wildman–Crippen LogP) is 3.08. The van der Waals surface area contributed by atoms with Crippen LogP contribution in [0.25, 0.3) is 0 Å². The van der Waals surface area contributed by atoms with Crippen LogP contribution < -0.4 is 30.5 Å². The Hall–Kier alpha value is -3.54. The second-order valence-electron chi connectivity index (χ2n) is 8.32. The number of hydrogen-bond donors (Lipinski definition) is 3. The number of anilines is 2. The number of nitrogens with zero attached hydrogens (tertiary/aromatic N) is 1. The summed E-state index contributed by atoms with van der Waals surface area (Å²) in [5.74, 6) is 0.266. The van der Waals surface area contributed by atoms with E-state index >= 15 is 0 Å². The molecule has 36 heavy (non-hydrogen) atoms. The summed E-state index contributed by atoms with van der Waals surface area (Å²) in [5.41, 5.74) is 7.44. The molecule has 1 heterocycles. The number of urea groups is 1. The molecule has 1 aliphatic heterocycles. The highest BCUT2D eigenvalue weighted by Crippen LogP contribution is 2.34. The quantitative estimate of drug-likeness (QED) is 0.335. The van der Waals surface area contributed by atoms with Gasteiger partial charge >= 0.3 is 6.03 Å². The van der Waals surface area contributed by atoms with Crippen LogP contribution in [-0.4, -0.2) is 66.0 Å². The van der Waals surface area contributed by atoms with E-state index in [0.29, 0.717) is 24.7 Å². The highest BCUT2D eigenvalue weighted by Gasteiger charge is 2.20. The van der Waals surface area contributed by atoms with E-state index in [-0.39, 0.29) is 30.8 Å². The van der Waals surface area contributed by atoms with Crippen LogP contribution in [0.5, 0.6) is 11.5 Å². The van der Waals surface area contributed by atoms with Crippen LogP contribution in [0.4, 0.5) is 16.2 Å². The van der Waals surface area contributed by atoms with Gasteiger partial charge in [0.1, 0.15) is 11.5 Å². The zero-order valence-corrected chi connectivity index (χ0v) is 21.1. The molecule has 0 spiro atoms. The number of hydrazine groups is 1. The Kier molecular flexibility index (Phi) is 10.2. The Morgan fingerprint density at radius 1 is 0.944 bits per heavy atom. The molecule has 11 nitrogen and oxygen atoms in total. The van der Waals surface area contributed by atoms with Crippen LogP contribution in [0.2, 0.25) is 0 Å². The molecule has 1 aliphatic rings. The summed E-state index contributed by atoms with van der Waals surface area (Å²) < 4.78 is 26.6. The Balaban J connectivity index is 1.64. The van der Waals surface area contributed by atoms with E-state index in [1.807, 2.05) is 26.0 Å². The molecule has 0 bridgehead atoms. The second-order valence-corrected chi connectivity index (χ2v) is 8.32. The fourth-order valence-corrected chi connectivity index (χ4v) is 3.62. The maximum absolute atomic E-state index is 12.9. The van der Waals surface area contributed by atoms with Crippen molar-refractivity contribution in [2.45, 2.75) is 19.8 Å². The minimum absolute atomic E-state index is 0.0458. The lowest BCUT2D eigenvalue weighted by atomic mass is 9.98. The average molecular weight is 503 g/mol. The van der Waals surface area contributed by atoms with Crippen molar-refractivity contribution >= 4 is 23.3 Å². The number of carbonyl (C=O) groups excluding carboxylic acids is 2. The molecule has 1 fully saturated rings. The van der Waals surface area contributed by atoms with Crippen LogP contribution in [-0.2, 0) is 14.2 Å². The molecule has 2 aromatic rings. The van der Waals surface area contributed by atoms with Gasteiger partial charge < -0.3 is 33.9 Å². The molecular formula is C25H34N4O7.